The van der Waals surface area contributed by atoms with E-state index in [2.05, 4.69) is 9.97 Å². The summed E-state index contributed by atoms with van der Waals surface area (Å²) < 4.78 is 1.50. The van der Waals surface area contributed by atoms with E-state index >= 15 is 0 Å². The van der Waals surface area contributed by atoms with Gasteiger partial charge in [-0.3, -0.25) is 19.3 Å². The summed E-state index contributed by atoms with van der Waals surface area (Å²) in [6.07, 6.45) is 10.9. The van der Waals surface area contributed by atoms with Crippen LogP contribution in [-0.4, -0.2) is 31.2 Å². The van der Waals surface area contributed by atoms with Gasteiger partial charge in [-0.15, -0.1) is 0 Å². The molecular formula is C21H24N4O2. The van der Waals surface area contributed by atoms with Gasteiger partial charge in [-0.1, -0.05) is 19.3 Å². The molecule has 3 heterocycles. The highest BCUT2D eigenvalue weighted by Gasteiger charge is 2.21. The zero-order valence-corrected chi connectivity index (χ0v) is 15.5. The Hall–Kier alpha value is -2.60. The average Bonchev–Trinajstić information content (AvgIpc) is 2.74. The van der Waals surface area contributed by atoms with Crippen molar-refractivity contribution >= 4 is 10.9 Å². The predicted molar refractivity (Wildman–Crippen MR) is 105 cm³/mol. The number of aliphatic hydroxyl groups is 1. The van der Waals surface area contributed by atoms with Gasteiger partial charge >= 0.3 is 0 Å². The highest BCUT2D eigenvalue weighted by molar-refractivity contribution is 5.90. The van der Waals surface area contributed by atoms with Crippen molar-refractivity contribution in [2.75, 3.05) is 6.61 Å². The van der Waals surface area contributed by atoms with E-state index in [4.69, 9.17) is 4.98 Å². The quantitative estimate of drug-likeness (QED) is 0.767. The van der Waals surface area contributed by atoms with Gasteiger partial charge in [0, 0.05) is 29.6 Å². The first kappa shape index (κ1) is 17.8. The lowest BCUT2D eigenvalue weighted by Crippen LogP contribution is -2.26. The van der Waals surface area contributed by atoms with Crippen LogP contribution < -0.4 is 5.56 Å². The van der Waals surface area contributed by atoms with Gasteiger partial charge in [-0.25, -0.2) is 4.98 Å². The zero-order valence-electron chi connectivity index (χ0n) is 15.5. The maximum atomic E-state index is 13.1. The molecule has 1 atom stereocenters. The maximum Gasteiger partial charge on any atom is 0.261 e. The molecule has 0 unspecified atom stereocenters. The lowest BCUT2D eigenvalue weighted by molar-refractivity contribution is 0.236. The molecule has 0 amide bonds. The second-order valence-corrected chi connectivity index (χ2v) is 7.36. The fourth-order valence-corrected chi connectivity index (χ4v) is 3.88. The Morgan fingerprint density at radius 2 is 2.11 bits per heavy atom. The first-order chi connectivity index (χ1) is 13.2. The molecule has 27 heavy (non-hydrogen) atoms. The molecule has 0 aromatic carbocycles. The van der Waals surface area contributed by atoms with Crippen molar-refractivity contribution in [3.63, 3.8) is 0 Å². The van der Waals surface area contributed by atoms with E-state index < -0.39 is 0 Å². The third kappa shape index (κ3) is 3.37. The van der Waals surface area contributed by atoms with Gasteiger partial charge in [-0.2, -0.15) is 0 Å². The molecule has 1 N–H and O–H groups in total. The minimum atomic E-state index is -0.317. The van der Waals surface area contributed by atoms with Crippen molar-refractivity contribution in [2.45, 2.75) is 51.0 Å². The standard InChI is InChI=1S/C21H24N4O2/c1-14(12-26)25-13-23-20-17(21(25)27)10-18(15-6-3-2-4-7-15)24-19(20)16-8-5-9-22-11-16/h5,8-11,13-15,26H,2-4,6-7,12H2,1H3/t14-/m0/s1. The van der Waals surface area contributed by atoms with Crippen LogP contribution in [0, 0.1) is 0 Å². The second kappa shape index (κ2) is 7.56. The number of aromatic nitrogens is 4. The van der Waals surface area contributed by atoms with E-state index in [1.807, 2.05) is 18.2 Å². The first-order valence-corrected chi connectivity index (χ1v) is 9.62. The highest BCUT2D eigenvalue weighted by atomic mass is 16.3. The summed E-state index contributed by atoms with van der Waals surface area (Å²) in [7, 11) is 0. The van der Waals surface area contributed by atoms with E-state index in [0.717, 1.165) is 24.1 Å². The van der Waals surface area contributed by atoms with E-state index in [9.17, 15) is 9.90 Å². The predicted octanol–water partition coefficient (Wildman–Crippen LogP) is 3.45. The lowest BCUT2D eigenvalue weighted by Gasteiger charge is -2.22. The van der Waals surface area contributed by atoms with Gasteiger partial charge in [0.2, 0.25) is 0 Å². The van der Waals surface area contributed by atoms with Gasteiger partial charge in [0.25, 0.3) is 5.56 Å². The van der Waals surface area contributed by atoms with Crippen molar-refractivity contribution in [2.24, 2.45) is 0 Å². The lowest BCUT2D eigenvalue weighted by atomic mass is 9.86. The van der Waals surface area contributed by atoms with Crippen molar-refractivity contribution in [1.82, 2.24) is 19.5 Å². The van der Waals surface area contributed by atoms with Crippen molar-refractivity contribution in [1.29, 1.82) is 0 Å². The van der Waals surface area contributed by atoms with E-state index in [-0.39, 0.29) is 18.2 Å². The second-order valence-electron chi connectivity index (χ2n) is 7.36. The summed E-state index contributed by atoms with van der Waals surface area (Å²) in [5.41, 5.74) is 3.00. The summed E-state index contributed by atoms with van der Waals surface area (Å²) >= 11 is 0. The Morgan fingerprint density at radius 1 is 1.30 bits per heavy atom. The molecule has 6 nitrogen and oxygen atoms in total. The molecule has 140 valence electrons. The zero-order chi connectivity index (χ0) is 18.8. The number of nitrogens with zero attached hydrogens (tertiary/aromatic N) is 4. The Labute approximate surface area is 157 Å². The monoisotopic (exact) mass is 364 g/mol. The Morgan fingerprint density at radius 3 is 2.81 bits per heavy atom. The number of hydrogen-bond donors (Lipinski definition) is 1. The number of fused-ring (bicyclic) bond motifs is 1. The van der Waals surface area contributed by atoms with Gasteiger partial charge < -0.3 is 5.11 Å². The Balaban J connectivity index is 1.96. The molecule has 1 saturated carbocycles. The molecule has 0 aliphatic heterocycles. The van der Waals surface area contributed by atoms with Crippen LogP contribution in [0.25, 0.3) is 22.2 Å². The molecule has 6 heteroatoms. The smallest absolute Gasteiger partial charge is 0.261 e. The van der Waals surface area contributed by atoms with Crippen LogP contribution in [0.3, 0.4) is 0 Å². The maximum absolute atomic E-state index is 13.1. The van der Waals surface area contributed by atoms with E-state index in [1.54, 1.807) is 19.3 Å². The molecule has 1 fully saturated rings. The topological polar surface area (TPSA) is 80.9 Å². The Kier molecular flexibility index (Phi) is 4.99. The minimum Gasteiger partial charge on any atom is -0.394 e. The summed E-state index contributed by atoms with van der Waals surface area (Å²) in [5, 5.41) is 10.0. The van der Waals surface area contributed by atoms with E-state index in [0.29, 0.717) is 22.5 Å². The summed E-state index contributed by atoms with van der Waals surface area (Å²) in [6.45, 7) is 1.70. The van der Waals surface area contributed by atoms with Gasteiger partial charge in [0.15, 0.2) is 0 Å². The van der Waals surface area contributed by atoms with Gasteiger partial charge in [0.05, 0.1) is 30.1 Å². The molecule has 0 bridgehead atoms. The van der Waals surface area contributed by atoms with Crippen LogP contribution in [0.1, 0.15) is 56.7 Å². The van der Waals surface area contributed by atoms with Crippen molar-refractivity contribution in [3.05, 3.63) is 53.0 Å². The summed E-state index contributed by atoms with van der Waals surface area (Å²) in [6, 6.07) is 5.41. The molecule has 3 aromatic heterocycles. The molecule has 4 rings (SSSR count). The number of aliphatic hydroxyl groups excluding tert-OH is 1. The number of rotatable bonds is 4. The fraction of sp³-hybridized carbons (Fsp3) is 0.429. The van der Waals surface area contributed by atoms with Crippen LogP contribution in [-0.2, 0) is 0 Å². The molecule has 0 spiro atoms. The van der Waals surface area contributed by atoms with Crippen LogP contribution in [0.4, 0.5) is 0 Å². The summed E-state index contributed by atoms with van der Waals surface area (Å²) in [5.74, 6) is 0.377. The number of hydrogen-bond acceptors (Lipinski definition) is 5. The van der Waals surface area contributed by atoms with Crippen LogP contribution in [0.15, 0.2) is 41.7 Å². The first-order valence-electron chi connectivity index (χ1n) is 9.62. The highest BCUT2D eigenvalue weighted by Crippen LogP contribution is 2.34. The Bertz CT molecular complexity index is 994. The van der Waals surface area contributed by atoms with Crippen LogP contribution >= 0.6 is 0 Å². The molecular weight excluding hydrogens is 340 g/mol. The van der Waals surface area contributed by atoms with Crippen LogP contribution in [0.2, 0.25) is 0 Å². The largest absolute Gasteiger partial charge is 0.394 e. The van der Waals surface area contributed by atoms with Crippen LogP contribution in [0.5, 0.6) is 0 Å². The SMILES string of the molecule is C[C@@H](CO)n1cnc2c(-c3cccnc3)nc(C3CCCCC3)cc2c1=O. The number of pyridine rings is 2. The molecule has 0 radical (unpaired) electrons. The van der Waals surface area contributed by atoms with Crippen molar-refractivity contribution < 1.29 is 5.11 Å². The van der Waals surface area contributed by atoms with Gasteiger partial charge in [0.1, 0.15) is 5.52 Å². The minimum absolute atomic E-state index is 0.108. The molecule has 3 aromatic rings. The normalized spacial score (nSPS) is 16.5. The molecule has 0 saturated heterocycles. The molecule has 1 aliphatic carbocycles. The fourth-order valence-electron chi connectivity index (χ4n) is 3.88. The molecule has 1 aliphatic rings. The van der Waals surface area contributed by atoms with Crippen molar-refractivity contribution in [3.8, 4) is 11.3 Å². The average molecular weight is 364 g/mol. The third-order valence-corrected chi connectivity index (χ3v) is 5.49. The third-order valence-electron chi connectivity index (χ3n) is 5.49. The van der Waals surface area contributed by atoms with Gasteiger partial charge in [-0.05, 0) is 38.0 Å². The summed E-state index contributed by atoms with van der Waals surface area (Å²) in [4.78, 5) is 26.8. The van der Waals surface area contributed by atoms with E-state index in [1.165, 1.54) is 30.2 Å².